The van der Waals surface area contributed by atoms with Gasteiger partial charge in [-0.1, -0.05) is 58.4 Å². The van der Waals surface area contributed by atoms with E-state index in [1.165, 1.54) is 6.07 Å². The van der Waals surface area contributed by atoms with Gasteiger partial charge in [-0.15, -0.1) is 0 Å². The molecule has 0 spiro atoms. The zero-order valence-corrected chi connectivity index (χ0v) is 20.6. The molecule has 32 heavy (non-hydrogen) atoms. The molecule has 3 atom stereocenters. The van der Waals surface area contributed by atoms with Gasteiger partial charge in [0.2, 0.25) is 0 Å². The number of rotatable bonds is 5. The summed E-state index contributed by atoms with van der Waals surface area (Å²) >= 11 is 7.12. The fourth-order valence-electron chi connectivity index (χ4n) is 4.74. The molecule has 3 aromatic carbocycles. The maximum absolute atomic E-state index is 14.9. The Labute approximate surface area is 203 Å². The third kappa shape index (κ3) is 3.95. The van der Waals surface area contributed by atoms with Gasteiger partial charge in [-0.3, -0.25) is 0 Å². The van der Waals surface area contributed by atoms with Crippen molar-refractivity contribution in [3.63, 3.8) is 0 Å². The van der Waals surface area contributed by atoms with E-state index in [1.54, 1.807) is 7.11 Å². The van der Waals surface area contributed by atoms with Crippen LogP contribution in [0.3, 0.4) is 0 Å². The number of allylic oxidation sites excluding steroid dienone is 2. The summed E-state index contributed by atoms with van der Waals surface area (Å²) in [5.41, 5.74) is 3.69. The van der Waals surface area contributed by atoms with Gasteiger partial charge >= 0.3 is 0 Å². The van der Waals surface area contributed by atoms with Gasteiger partial charge in [-0.25, -0.2) is 4.39 Å². The molecule has 1 aliphatic carbocycles. The molecule has 1 heterocycles. The van der Waals surface area contributed by atoms with Crippen LogP contribution in [0.5, 0.6) is 11.5 Å². The van der Waals surface area contributed by atoms with Crippen LogP contribution in [-0.2, 0) is 6.61 Å². The number of hydrogen-bond donors (Lipinski definition) is 1. The normalized spacial score (nSPS) is 20.9. The topological polar surface area (TPSA) is 30.5 Å². The van der Waals surface area contributed by atoms with E-state index < -0.39 is 0 Å². The van der Waals surface area contributed by atoms with E-state index in [4.69, 9.17) is 9.47 Å². The lowest BCUT2D eigenvalue weighted by Crippen LogP contribution is -2.29. The van der Waals surface area contributed by atoms with E-state index in [0.29, 0.717) is 29.7 Å². The monoisotopic (exact) mass is 557 g/mol. The second kappa shape index (κ2) is 8.91. The zero-order valence-electron chi connectivity index (χ0n) is 17.4. The van der Waals surface area contributed by atoms with E-state index in [1.807, 2.05) is 42.5 Å². The van der Waals surface area contributed by atoms with Gasteiger partial charge in [0.05, 0.1) is 23.3 Å². The molecule has 0 saturated heterocycles. The molecule has 3 nitrogen and oxygen atoms in total. The summed E-state index contributed by atoms with van der Waals surface area (Å²) in [5.74, 6) is 1.53. The first-order valence-electron chi connectivity index (χ1n) is 10.5. The maximum Gasteiger partial charge on any atom is 0.175 e. The number of methoxy groups -OCH3 is 1. The van der Waals surface area contributed by atoms with Crippen molar-refractivity contribution in [1.29, 1.82) is 0 Å². The van der Waals surface area contributed by atoms with E-state index >= 15 is 0 Å². The van der Waals surface area contributed by atoms with Crippen molar-refractivity contribution in [3.8, 4) is 11.5 Å². The molecule has 164 valence electrons. The summed E-state index contributed by atoms with van der Waals surface area (Å²) in [6, 6.07) is 17.6. The molecule has 0 aromatic heterocycles. The number of fused-ring (bicyclic) bond motifs is 3. The first-order chi connectivity index (χ1) is 15.5. The Hall–Kier alpha value is -2.31. The Kier molecular flexibility index (Phi) is 5.99. The van der Waals surface area contributed by atoms with Gasteiger partial charge in [0.15, 0.2) is 11.5 Å². The summed E-state index contributed by atoms with van der Waals surface area (Å²) in [4.78, 5) is 0. The molecule has 0 unspecified atom stereocenters. The second-order valence-electron chi connectivity index (χ2n) is 8.14. The molecule has 0 fully saturated rings. The minimum absolute atomic E-state index is 0.0495. The van der Waals surface area contributed by atoms with Gasteiger partial charge < -0.3 is 14.8 Å². The van der Waals surface area contributed by atoms with Crippen LogP contribution in [0.15, 0.2) is 75.7 Å². The first kappa shape index (κ1) is 21.5. The lowest BCUT2D eigenvalue weighted by molar-refractivity contribution is 0.282. The molecule has 0 radical (unpaired) electrons. The highest BCUT2D eigenvalue weighted by Gasteiger charge is 2.39. The highest BCUT2D eigenvalue weighted by atomic mass is 79.9. The van der Waals surface area contributed by atoms with Gasteiger partial charge in [0.1, 0.15) is 12.4 Å². The molecule has 5 rings (SSSR count). The van der Waals surface area contributed by atoms with E-state index in [0.717, 1.165) is 32.1 Å². The molecule has 2 aliphatic rings. The quantitative estimate of drug-likeness (QED) is 0.324. The molecule has 3 aromatic rings. The fraction of sp³-hybridized carbons (Fsp3) is 0.231. The Morgan fingerprint density at radius 2 is 1.91 bits per heavy atom. The van der Waals surface area contributed by atoms with Crippen molar-refractivity contribution < 1.29 is 13.9 Å². The highest BCUT2D eigenvalue weighted by Crippen LogP contribution is 2.52. The number of halogens is 3. The Balaban J connectivity index is 1.49. The van der Waals surface area contributed by atoms with Crippen molar-refractivity contribution in [3.05, 3.63) is 98.2 Å². The molecule has 0 amide bonds. The maximum atomic E-state index is 14.9. The molecule has 6 heteroatoms. The van der Waals surface area contributed by atoms with Crippen LogP contribution in [0, 0.1) is 11.7 Å². The van der Waals surface area contributed by atoms with E-state index in [2.05, 4.69) is 55.4 Å². The van der Waals surface area contributed by atoms with E-state index in [-0.39, 0.29) is 17.8 Å². The summed E-state index contributed by atoms with van der Waals surface area (Å²) in [6.07, 6.45) is 5.33. The van der Waals surface area contributed by atoms with Gasteiger partial charge in [-0.05, 0) is 69.2 Å². The van der Waals surface area contributed by atoms with E-state index in [9.17, 15) is 4.39 Å². The zero-order chi connectivity index (χ0) is 22.2. The minimum Gasteiger partial charge on any atom is -0.493 e. The number of anilines is 1. The number of benzene rings is 3. The smallest absolute Gasteiger partial charge is 0.175 e. The average Bonchev–Trinajstić information content (AvgIpc) is 3.28. The molecular formula is C26H22Br2FNO2. The lowest BCUT2D eigenvalue weighted by atomic mass is 9.77. The number of ether oxygens (including phenoxy) is 2. The second-order valence-corrected chi connectivity index (χ2v) is 9.91. The molecular weight excluding hydrogens is 537 g/mol. The van der Waals surface area contributed by atoms with Crippen molar-refractivity contribution in [2.24, 2.45) is 5.92 Å². The molecule has 0 saturated carbocycles. The van der Waals surface area contributed by atoms with Crippen LogP contribution in [0.25, 0.3) is 0 Å². The standard InChI is InChI=1S/C26H22Br2FNO2/c1-31-23-11-16(10-21(28)26(23)32-14-15-6-3-2-4-7-15)24-19-9-5-8-18(19)20-12-17(27)13-22(29)25(20)30-24/h2-8,10-13,18-19,24,30H,9,14H2,1H3/t18-,19-,24+/m1/s1. The predicted molar refractivity (Wildman–Crippen MR) is 132 cm³/mol. The van der Waals surface area contributed by atoms with Crippen LogP contribution in [0.4, 0.5) is 10.1 Å². The van der Waals surface area contributed by atoms with Gasteiger partial charge in [0, 0.05) is 10.4 Å². The number of hydrogen-bond acceptors (Lipinski definition) is 3. The highest BCUT2D eigenvalue weighted by molar-refractivity contribution is 9.10. The Bertz CT molecular complexity index is 1180. The third-order valence-electron chi connectivity index (χ3n) is 6.22. The Morgan fingerprint density at radius 1 is 1.09 bits per heavy atom. The first-order valence-corrected chi connectivity index (χ1v) is 12.1. The lowest BCUT2D eigenvalue weighted by Gasteiger charge is -2.38. The SMILES string of the molecule is COc1cc([C@@H]2Nc3c(F)cc(Br)cc3[C@@H]3C=CC[C@H]32)cc(Br)c1OCc1ccccc1. The Morgan fingerprint density at radius 3 is 2.69 bits per heavy atom. The molecule has 1 aliphatic heterocycles. The predicted octanol–water partition coefficient (Wildman–Crippen LogP) is 7.76. The fourth-order valence-corrected chi connectivity index (χ4v) is 5.76. The van der Waals surface area contributed by atoms with Crippen LogP contribution in [0.2, 0.25) is 0 Å². The largest absolute Gasteiger partial charge is 0.493 e. The van der Waals surface area contributed by atoms with Crippen LogP contribution >= 0.6 is 31.9 Å². The molecule has 0 bridgehead atoms. The van der Waals surface area contributed by atoms with Crippen molar-refractivity contribution in [1.82, 2.24) is 0 Å². The van der Waals surface area contributed by atoms with Crippen LogP contribution in [-0.4, -0.2) is 7.11 Å². The van der Waals surface area contributed by atoms with Crippen LogP contribution < -0.4 is 14.8 Å². The average molecular weight is 559 g/mol. The minimum atomic E-state index is -0.244. The van der Waals surface area contributed by atoms with Crippen molar-refractivity contribution >= 4 is 37.5 Å². The summed E-state index contributed by atoms with van der Waals surface area (Å²) in [7, 11) is 1.64. The van der Waals surface area contributed by atoms with Crippen molar-refractivity contribution in [2.45, 2.75) is 25.0 Å². The molecule has 1 N–H and O–H groups in total. The summed E-state index contributed by atoms with van der Waals surface area (Å²) in [6.45, 7) is 0.443. The van der Waals surface area contributed by atoms with Gasteiger partial charge in [-0.2, -0.15) is 0 Å². The summed E-state index contributed by atoms with van der Waals surface area (Å²) < 4.78 is 28.2. The third-order valence-corrected chi connectivity index (χ3v) is 7.27. The number of nitrogens with one attached hydrogen (secondary N) is 1. The van der Waals surface area contributed by atoms with Gasteiger partial charge in [0.25, 0.3) is 0 Å². The summed E-state index contributed by atoms with van der Waals surface area (Å²) in [5, 5.41) is 3.48. The van der Waals surface area contributed by atoms with Crippen molar-refractivity contribution in [2.75, 3.05) is 12.4 Å². The van der Waals surface area contributed by atoms with Crippen LogP contribution in [0.1, 0.15) is 35.1 Å².